The summed E-state index contributed by atoms with van der Waals surface area (Å²) in [5.41, 5.74) is 2.94. The van der Waals surface area contributed by atoms with Crippen LogP contribution in [0.2, 0.25) is 0 Å². The van der Waals surface area contributed by atoms with E-state index in [1.165, 1.54) is 11.3 Å². The second-order valence-corrected chi connectivity index (χ2v) is 5.77. The zero-order chi connectivity index (χ0) is 14.9. The summed E-state index contributed by atoms with van der Waals surface area (Å²) in [6.45, 7) is 7.50. The molecule has 0 unspecified atom stereocenters. The van der Waals surface area contributed by atoms with Crippen LogP contribution < -0.4 is 5.32 Å². The Morgan fingerprint density at radius 2 is 2.24 bits per heavy atom. The van der Waals surface area contributed by atoms with Crippen LogP contribution in [0.15, 0.2) is 22.7 Å². The van der Waals surface area contributed by atoms with Gasteiger partial charge in [-0.25, -0.2) is 0 Å². The Morgan fingerprint density at radius 3 is 3.05 bits per heavy atom. The number of aromatic nitrogens is 2. The summed E-state index contributed by atoms with van der Waals surface area (Å²) >= 11 is 0. The summed E-state index contributed by atoms with van der Waals surface area (Å²) in [6, 6.07) is 6.23. The maximum absolute atomic E-state index is 5.66. The first-order valence-corrected chi connectivity index (χ1v) is 7.45. The van der Waals surface area contributed by atoms with Crippen LogP contribution in [0, 0.1) is 0 Å². The molecule has 0 atom stereocenters. The van der Waals surface area contributed by atoms with Crippen molar-refractivity contribution in [1.29, 1.82) is 0 Å². The number of anilines is 1. The third-order valence-corrected chi connectivity index (χ3v) is 3.76. The summed E-state index contributed by atoms with van der Waals surface area (Å²) in [7, 11) is 0. The molecule has 0 bridgehead atoms. The number of nitrogens with one attached hydrogen (secondary N) is 1. The number of rotatable bonds is 4. The molecule has 21 heavy (non-hydrogen) atoms. The molecular formula is C16H21N3O2. The number of nitrogens with zero attached hydrogens (tertiary/aromatic N) is 2. The van der Waals surface area contributed by atoms with Gasteiger partial charge in [0.05, 0.1) is 0 Å². The quantitative estimate of drug-likeness (QED) is 0.934. The van der Waals surface area contributed by atoms with Crippen LogP contribution in [-0.2, 0) is 16.8 Å². The molecule has 0 radical (unpaired) electrons. The summed E-state index contributed by atoms with van der Waals surface area (Å²) < 4.78 is 11.1. The van der Waals surface area contributed by atoms with Gasteiger partial charge in [-0.15, -0.1) is 0 Å². The van der Waals surface area contributed by atoms with Gasteiger partial charge in [-0.3, -0.25) is 0 Å². The van der Waals surface area contributed by atoms with Crippen molar-refractivity contribution in [3.8, 4) is 11.5 Å². The molecule has 0 aliphatic carbocycles. The van der Waals surface area contributed by atoms with Crippen molar-refractivity contribution < 1.29 is 9.26 Å². The Bertz CT molecular complexity index is 634. The fourth-order valence-corrected chi connectivity index (χ4v) is 2.62. The molecule has 2 aromatic rings. The van der Waals surface area contributed by atoms with E-state index in [2.05, 4.69) is 27.6 Å². The molecule has 1 aliphatic heterocycles. The highest BCUT2D eigenvalue weighted by Crippen LogP contribution is 2.29. The average molecular weight is 287 g/mol. The normalized spacial score (nSPS) is 14.6. The van der Waals surface area contributed by atoms with Crippen molar-refractivity contribution in [2.24, 2.45) is 0 Å². The van der Waals surface area contributed by atoms with E-state index in [4.69, 9.17) is 9.26 Å². The molecule has 0 amide bonds. The molecule has 5 nitrogen and oxygen atoms in total. The van der Waals surface area contributed by atoms with Gasteiger partial charge in [0, 0.05) is 24.4 Å². The number of fused-ring (bicyclic) bond motifs is 1. The topological polar surface area (TPSA) is 60.2 Å². The van der Waals surface area contributed by atoms with Crippen LogP contribution in [0.5, 0.6) is 0 Å². The maximum Gasteiger partial charge on any atom is 0.258 e. The van der Waals surface area contributed by atoms with Crippen molar-refractivity contribution in [3.05, 3.63) is 29.6 Å². The fraction of sp³-hybridized carbons (Fsp3) is 0.500. The van der Waals surface area contributed by atoms with Crippen LogP contribution >= 0.6 is 0 Å². The van der Waals surface area contributed by atoms with E-state index in [9.17, 15) is 0 Å². The molecule has 1 N–H and O–H groups in total. The zero-order valence-electron chi connectivity index (χ0n) is 12.8. The van der Waals surface area contributed by atoms with E-state index >= 15 is 0 Å². The monoisotopic (exact) mass is 287 g/mol. The molecule has 0 spiro atoms. The smallest absolute Gasteiger partial charge is 0.258 e. The van der Waals surface area contributed by atoms with Gasteiger partial charge in [0.1, 0.15) is 5.60 Å². The standard InChI is InChI=1S/C16H21N3O2/c1-4-20-16(2,3)15-18-14(21-19-15)12-7-8-13-11(10-12)6-5-9-17-13/h7-8,10,17H,4-6,9H2,1-3H3. The molecule has 3 rings (SSSR count). The predicted molar refractivity (Wildman–Crippen MR) is 81.2 cm³/mol. The van der Waals surface area contributed by atoms with Crippen LogP contribution in [-0.4, -0.2) is 23.3 Å². The number of aryl methyl sites for hydroxylation is 1. The molecule has 0 saturated carbocycles. The van der Waals surface area contributed by atoms with E-state index < -0.39 is 5.60 Å². The Kier molecular flexibility index (Phi) is 3.68. The first-order valence-electron chi connectivity index (χ1n) is 7.45. The summed E-state index contributed by atoms with van der Waals surface area (Å²) in [6.07, 6.45) is 2.24. The Morgan fingerprint density at radius 1 is 1.38 bits per heavy atom. The van der Waals surface area contributed by atoms with Crippen molar-refractivity contribution in [1.82, 2.24) is 10.1 Å². The van der Waals surface area contributed by atoms with Gasteiger partial charge in [0.2, 0.25) is 5.82 Å². The highest BCUT2D eigenvalue weighted by molar-refractivity contribution is 5.63. The van der Waals surface area contributed by atoms with E-state index in [0.717, 1.165) is 24.9 Å². The van der Waals surface area contributed by atoms with Crippen LogP contribution in [0.1, 0.15) is 38.6 Å². The van der Waals surface area contributed by atoms with Gasteiger partial charge in [0.15, 0.2) is 0 Å². The van der Waals surface area contributed by atoms with Crippen molar-refractivity contribution in [2.75, 3.05) is 18.5 Å². The lowest BCUT2D eigenvalue weighted by Crippen LogP contribution is -2.23. The fourth-order valence-electron chi connectivity index (χ4n) is 2.62. The number of hydrogen-bond acceptors (Lipinski definition) is 5. The van der Waals surface area contributed by atoms with Gasteiger partial charge in [-0.2, -0.15) is 4.98 Å². The molecule has 5 heteroatoms. The summed E-state index contributed by atoms with van der Waals surface area (Å²) in [5, 5.41) is 7.47. The largest absolute Gasteiger partial charge is 0.385 e. The molecule has 1 aromatic carbocycles. The van der Waals surface area contributed by atoms with Gasteiger partial charge >= 0.3 is 0 Å². The van der Waals surface area contributed by atoms with Crippen molar-refractivity contribution in [2.45, 2.75) is 39.2 Å². The minimum atomic E-state index is -0.535. The van der Waals surface area contributed by atoms with Crippen molar-refractivity contribution >= 4 is 5.69 Å². The first kappa shape index (κ1) is 14.1. The third-order valence-electron chi connectivity index (χ3n) is 3.76. The lowest BCUT2D eigenvalue weighted by atomic mass is 10.0. The van der Waals surface area contributed by atoms with E-state index in [1.807, 2.05) is 26.8 Å². The lowest BCUT2D eigenvalue weighted by molar-refractivity contribution is -0.0221. The van der Waals surface area contributed by atoms with Gasteiger partial charge < -0.3 is 14.6 Å². The van der Waals surface area contributed by atoms with Gasteiger partial charge in [0.25, 0.3) is 5.89 Å². The third kappa shape index (κ3) is 2.78. The molecule has 112 valence electrons. The predicted octanol–water partition coefficient (Wildman–Crippen LogP) is 3.37. The van der Waals surface area contributed by atoms with E-state index in [1.54, 1.807) is 0 Å². The molecular weight excluding hydrogens is 266 g/mol. The SMILES string of the molecule is CCOC(C)(C)c1noc(-c2ccc3c(c2)CCCN3)n1. The van der Waals surface area contributed by atoms with Gasteiger partial charge in [-0.1, -0.05) is 5.16 Å². The molecule has 1 aliphatic rings. The maximum atomic E-state index is 5.66. The second kappa shape index (κ2) is 5.48. The molecule has 0 saturated heterocycles. The molecule has 0 fully saturated rings. The van der Waals surface area contributed by atoms with Crippen LogP contribution in [0.4, 0.5) is 5.69 Å². The van der Waals surface area contributed by atoms with E-state index in [-0.39, 0.29) is 0 Å². The lowest BCUT2D eigenvalue weighted by Gasteiger charge is -2.19. The van der Waals surface area contributed by atoms with Crippen molar-refractivity contribution in [3.63, 3.8) is 0 Å². The number of hydrogen-bond donors (Lipinski definition) is 1. The minimum Gasteiger partial charge on any atom is -0.385 e. The van der Waals surface area contributed by atoms with Crippen LogP contribution in [0.25, 0.3) is 11.5 Å². The Labute approximate surface area is 124 Å². The van der Waals surface area contributed by atoms with Crippen LogP contribution in [0.3, 0.4) is 0 Å². The summed E-state index contributed by atoms with van der Waals surface area (Å²) in [5.74, 6) is 1.13. The molecule has 1 aromatic heterocycles. The van der Waals surface area contributed by atoms with Gasteiger partial charge in [-0.05, 0) is 57.4 Å². The molecule has 2 heterocycles. The van der Waals surface area contributed by atoms with E-state index in [0.29, 0.717) is 18.3 Å². The summed E-state index contributed by atoms with van der Waals surface area (Å²) in [4.78, 5) is 4.50. The minimum absolute atomic E-state index is 0.535. The number of ether oxygens (including phenoxy) is 1. The first-order chi connectivity index (χ1) is 10.1. The zero-order valence-corrected chi connectivity index (χ0v) is 12.8. The highest BCUT2D eigenvalue weighted by atomic mass is 16.5. The second-order valence-electron chi connectivity index (χ2n) is 5.77. The highest BCUT2D eigenvalue weighted by Gasteiger charge is 2.27. The Hall–Kier alpha value is -1.88. The average Bonchev–Trinajstić information content (AvgIpc) is 2.97. The Balaban J connectivity index is 1.89. The number of benzene rings is 1.